The van der Waals surface area contributed by atoms with E-state index in [0.717, 1.165) is 6.42 Å². The first kappa shape index (κ1) is 12.8. The Morgan fingerprint density at radius 1 is 1.28 bits per heavy atom. The molecule has 0 aliphatic carbocycles. The Balaban J connectivity index is 2.21. The van der Waals surface area contributed by atoms with Gasteiger partial charge in [-0.15, -0.1) is 0 Å². The normalized spacial score (nSPS) is 14.4. The Labute approximate surface area is 108 Å². The molecule has 4 nitrogen and oxygen atoms in total. The van der Waals surface area contributed by atoms with E-state index in [9.17, 15) is 0 Å². The fraction of sp³-hybridized carbons (Fsp3) is 0.429. The largest absolute Gasteiger partial charge is 0.311 e. The molecule has 4 heteroatoms. The number of nitrogens with one attached hydrogen (secondary N) is 1. The molecular formula is C14H20N4. The molecule has 0 bridgehead atoms. The first-order chi connectivity index (χ1) is 8.76. The number of aromatic nitrogens is 3. The van der Waals surface area contributed by atoms with Gasteiger partial charge in [-0.05, 0) is 31.5 Å². The van der Waals surface area contributed by atoms with Crippen LogP contribution in [-0.4, -0.2) is 21.8 Å². The second kappa shape index (κ2) is 5.78. The molecule has 1 heterocycles. The van der Waals surface area contributed by atoms with E-state index in [1.165, 1.54) is 11.1 Å². The van der Waals surface area contributed by atoms with E-state index in [-0.39, 0.29) is 12.1 Å². The monoisotopic (exact) mass is 244 g/mol. The molecule has 0 fully saturated rings. The fourth-order valence-corrected chi connectivity index (χ4v) is 2.23. The second-order valence-electron chi connectivity index (χ2n) is 4.48. The van der Waals surface area contributed by atoms with Crippen LogP contribution in [0.5, 0.6) is 0 Å². The van der Waals surface area contributed by atoms with Crippen LogP contribution in [0.4, 0.5) is 0 Å². The molecule has 2 unspecified atom stereocenters. The average molecular weight is 244 g/mol. The lowest BCUT2D eigenvalue weighted by Gasteiger charge is -2.24. The molecule has 0 aliphatic rings. The number of benzene rings is 1. The molecular weight excluding hydrogens is 224 g/mol. The van der Waals surface area contributed by atoms with Crippen molar-refractivity contribution in [2.45, 2.75) is 32.4 Å². The molecule has 1 aromatic carbocycles. The molecule has 96 valence electrons. The van der Waals surface area contributed by atoms with Crippen molar-refractivity contribution in [2.24, 2.45) is 0 Å². The molecule has 18 heavy (non-hydrogen) atoms. The summed E-state index contributed by atoms with van der Waals surface area (Å²) < 4.78 is 1.88. The maximum absolute atomic E-state index is 4.21. The Kier molecular flexibility index (Phi) is 4.10. The van der Waals surface area contributed by atoms with Crippen molar-refractivity contribution in [1.82, 2.24) is 20.1 Å². The summed E-state index contributed by atoms with van der Waals surface area (Å²) in [5.41, 5.74) is 2.64. The smallest absolute Gasteiger partial charge is 0.137 e. The number of nitrogens with zero attached hydrogens (tertiary/aromatic N) is 3. The van der Waals surface area contributed by atoms with Crippen LogP contribution in [0.15, 0.2) is 36.9 Å². The van der Waals surface area contributed by atoms with Gasteiger partial charge >= 0.3 is 0 Å². The van der Waals surface area contributed by atoms with Crippen molar-refractivity contribution in [2.75, 3.05) is 7.05 Å². The van der Waals surface area contributed by atoms with Crippen molar-refractivity contribution in [1.29, 1.82) is 0 Å². The van der Waals surface area contributed by atoms with E-state index < -0.39 is 0 Å². The van der Waals surface area contributed by atoms with Gasteiger partial charge in [-0.25, -0.2) is 9.67 Å². The molecule has 2 atom stereocenters. The van der Waals surface area contributed by atoms with E-state index in [4.69, 9.17) is 0 Å². The first-order valence-electron chi connectivity index (χ1n) is 6.36. The molecule has 0 aliphatic heterocycles. The third-order valence-corrected chi connectivity index (χ3v) is 3.39. The van der Waals surface area contributed by atoms with Crippen LogP contribution >= 0.6 is 0 Å². The standard InChI is InChI=1S/C14H20N4/c1-4-12-5-7-13(8-6-12)14(15-3)11(2)18-10-16-9-17-18/h5-11,14-15H,4H2,1-3H3. The van der Waals surface area contributed by atoms with Gasteiger partial charge in [-0.1, -0.05) is 31.2 Å². The summed E-state index contributed by atoms with van der Waals surface area (Å²) in [6.07, 6.45) is 4.40. The number of hydrogen-bond donors (Lipinski definition) is 1. The summed E-state index contributed by atoms with van der Waals surface area (Å²) in [5, 5.41) is 7.57. The summed E-state index contributed by atoms with van der Waals surface area (Å²) in [7, 11) is 1.98. The predicted molar refractivity (Wildman–Crippen MR) is 72.4 cm³/mol. The van der Waals surface area contributed by atoms with Crippen LogP contribution < -0.4 is 5.32 Å². The van der Waals surface area contributed by atoms with Crippen LogP contribution in [-0.2, 0) is 6.42 Å². The van der Waals surface area contributed by atoms with Gasteiger partial charge in [0, 0.05) is 0 Å². The molecule has 1 aromatic heterocycles. The van der Waals surface area contributed by atoms with E-state index >= 15 is 0 Å². The lowest BCUT2D eigenvalue weighted by Crippen LogP contribution is -2.26. The number of likely N-dealkylation sites (N-methyl/N-ethyl adjacent to an activating group) is 1. The molecule has 0 saturated carbocycles. The molecule has 0 amide bonds. The zero-order valence-corrected chi connectivity index (χ0v) is 11.2. The SMILES string of the molecule is CCc1ccc(C(NC)C(C)n2cncn2)cc1. The topological polar surface area (TPSA) is 42.7 Å². The van der Waals surface area contributed by atoms with Crippen molar-refractivity contribution in [3.8, 4) is 0 Å². The molecule has 1 N–H and O–H groups in total. The highest BCUT2D eigenvalue weighted by Crippen LogP contribution is 2.25. The van der Waals surface area contributed by atoms with E-state index in [0.29, 0.717) is 0 Å². The Morgan fingerprint density at radius 2 is 2.00 bits per heavy atom. The van der Waals surface area contributed by atoms with Gasteiger partial charge in [0.2, 0.25) is 0 Å². The van der Waals surface area contributed by atoms with E-state index in [1.807, 2.05) is 11.7 Å². The number of aryl methyl sites for hydroxylation is 1. The Morgan fingerprint density at radius 3 is 2.50 bits per heavy atom. The Bertz CT molecular complexity index is 461. The Hall–Kier alpha value is -1.68. The van der Waals surface area contributed by atoms with Gasteiger partial charge in [0.05, 0.1) is 12.1 Å². The minimum Gasteiger partial charge on any atom is -0.311 e. The predicted octanol–water partition coefficient (Wildman–Crippen LogP) is 2.36. The van der Waals surface area contributed by atoms with E-state index in [1.54, 1.807) is 12.7 Å². The van der Waals surface area contributed by atoms with Crippen molar-refractivity contribution in [3.63, 3.8) is 0 Å². The molecule has 0 spiro atoms. The minimum absolute atomic E-state index is 0.227. The van der Waals surface area contributed by atoms with Crippen LogP contribution in [0, 0.1) is 0 Å². The lowest BCUT2D eigenvalue weighted by molar-refractivity contribution is 0.371. The summed E-state index contributed by atoms with van der Waals surface area (Å²) >= 11 is 0. The second-order valence-corrected chi connectivity index (χ2v) is 4.48. The molecule has 2 rings (SSSR count). The van der Waals surface area contributed by atoms with Crippen LogP contribution in [0.1, 0.15) is 37.1 Å². The van der Waals surface area contributed by atoms with Gasteiger partial charge < -0.3 is 5.32 Å². The van der Waals surface area contributed by atoms with Gasteiger partial charge in [0.25, 0.3) is 0 Å². The highest BCUT2D eigenvalue weighted by Gasteiger charge is 2.19. The maximum atomic E-state index is 4.21. The van der Waals surface area contributed by atoms with Gasteiger partial charge in [-0.3, -0.25) is 0 Å². The van der Waals surface area contributed by atoms with Crippen LogP contribution in [0.2, 0.25) is 0 Å². The van der Waals surface area contributed by atoms with E-state index in [2.05, 4.69) is 53.5 Å². The molecule has 2 aromatic rings. The summed E-state index contributed by atoms with van der Waals surface area (Å²) in [6.45, 7) is 4.31. The van der Waals surface area contributed by atoms with Crippen LogP contribution in [0.25, 0.3) is 0 Å². The lowest BCUT2D eigenvalue weighted by atomic mass is 9.99. The highest BCUT2D eigenvalue weighted by atomic mass is 15.3. The van der Waals surface area contributed by atoms with Gasteiger partial charge in [0.1, 0.15) is 12.7 Å². The summed E-state index contributed by atoms with van der Waals surface area (Å²) in [6, 6.07) is 9.21. The minimum atomic E-state index is 0.227. The third-order valence-electron chi connectivity index (χ3n) is 3.39. The number of hydrogen-bond acceptors (Lipinski definition) is 3. The van der Waals surface area contributed by atoms with Crippen molar-refractivity contribution >= 4 is 0 Å². The van der Waals surface area contributed by atoms with Crippen molar-refractivity contribution in [3.05, 3.63) is 48.0 Å². The zero-order chi connectivity index (χ0) is 13.0. The van der Waals surface area contributed by atoms with Gasteiger partial charge in [0.15, 0.2) is 0 Å². The molecule has 0 radical (unpaired) electrons. The van der Waals surface area contributed by atoms with Gasteiger partial charge in [-0.2, -0.15) is 5.10 Å². The fourth-order valence-electron chi connectivity index (χ4n) is 2.23. The molecule has 0 saturated heterocycles. The summed E-state index contributed by atoms with van der Waals surface area (Å²) in [5.74, 6) is 0. The first-order valence-corrected chi connectivity index (χ1v) is 6.36. The summed E-state index contributed by atoms with van der Waals surface area (Å²) in [4.78, 5) is 4.01. The highest BCUT2D eigenvalue weighted by molar-refractivity contribution is 5.25. The maximum Gasteiger partial charge on any atom is 0.137 e. The quantitative estimate of drug-likeness (QED) is 0.878. The average Bonchev–Trinajstić information content (AvgIpc) is 2.94. The van der Waals surface area contributed by atoms with Crippen LogP contribution in [0.3, 0.4) is 0 Å². The van der Waals surface area contributed by atoms with Crippen molar-refractivity contribution < 1.29 is 0 Å². The number of rotatable bonds is 5. The zero-order valence-electron chi connectivity index (χ0n) is 11.2. The third kappa shape index (κ3) is 2.59.